The predicted molar refractivity (Wildman–Crippen MR) is 79.2 cm³/mol. The van der Waals surface area contributed by atoms with E-state index in [2.05, 4.69) is 44.8 Å². The summed E-state index contributed by atoms with van der Waals surface area (Å²) in [6, 6.07) is 0.446. The van der Waals surface area contributed by atoms with Crippen molar-refractivity contribution in [2.24, 2.45) is 11.3 Å². The Labute approximate surface area is 117 Å². The molecule has 0 atom stereocenters. The minimum atomic E-state index is 0.389. The van der Waals surface area contributed by atoms with Gasteiger partial charge in [0.15, 0.2) is 5.65 Å². The van der Waals surface area contributed by atoms with Crippen molar-refractivity contribution in [3.05, 3.63) is 6.20 Å². The molecule has 0 saturated heterocycles. The van der Waals surface area contributed by atoms with E-state index in [0.29, 0.717) is 23.1 Å². The zero-order chi connectivity index (χ0) is 14.2. The van der Waals surface area contributed by atoms with Gasteiger partial charge in [0.25, 0.3) is 0 Å². The topological polar surface area (TPSA) is 105 Å². The number of fused-ring (bicyclic) bond motifs is 1. The number of nitrogen functional groups attached to an aromatic ring is 1. The summed E-state index contributed by atoms with van der Waals surface area (Å²) in [5, 5.41) is 11.3. The lowest BCUT2D eigenvalue weighted by Gasteiger charge is -2.34. The van der Waals surface area contributed by atoms with Crippen LogP contribution in [-0.2, 0) is 0 Å². The lowest BCUT2D eigenvalue weighted by molar-refractivity contribution is 0.232. The van der Waals surface area contributed by atoms with E-state index in [9.17, 15) is 0 Å². The first kappa shape index (κ1) is 13.1. The normalized spacial score (nSPS) is 19.1. The molecule has 3 rings (SSSR count). The van der Waals surface area contributed by atoms with Gasteiger partial charge < -0.3 is 5.32 Å². The van der Waals surface area contributed by atoms with Gasteiger partial charge in [-0.25, -0.2) is 5.84 Å². The first-order valence-electron chi connectivity index (χ1n) is 7.02. The minimum Gasteiger partial charge on any atom is -0.367 e. The maximum absolute atomic E-state index is 5.41. The Hall–Kier alpha value is -1.89. The average Bonchev–Trinajstić information content (AvgIpc) is 2.89. The summed E-state index contributed by atoms with van der Waals surface area (Å²) in [6.07, 6.45) is 6.51. The average molecular weight is 275 g/mol. The molecule has 0 bridgehead atoms. The van der Waals surface area contributed by atoms with Gasteiger partial charge in [0.2, 0.25) is 5.95 Å². The van der Waals surface area contributed by atoms with E-state index in [1.807, 2.05) is 0 Å². The predicted octanol–water partition coefficient (Wildman–Crippen LogP) is 2.02. The summed E-state index contributed by atoms with van der Waals surface area (Å²) < 4.78 is 0. The summed E-state index contributed by atoms with van der Waals surface area (Å²) in [7, 11) is 0. The molecule has 20 heavy (non-hydrogen) atoms. The van der Waals surface area contributed by atoms with Gasteiger partial charge in [0.05, 0.1) is 11.6 Å². The third-order valence-corrected chi connectivity index (χ3v) is 4.12. The Morgan fingerprint density at radius 2 is 2.05 bits per heavy atom. The standard InChI is InChI=1S/C13H21N7/c1-13(2)5-3-8(4-6-13)16-10-9-7-15-20-11(9)18-12(17-10)19-14/h7-8H,3-6,14H2,1-2H3,(H3,15,16,17,18,19,20). The molecule has 2 heterocycles. The lowest BCUT2D eigenvalue weighted by atomic mass is 9.75. The second-order valence-corrected chi connectivity index (χ2v) is 6.26. The van der Waals surface area contributed by atoms with E-state index in [-0.39, 0.29) is 0 Å². The van der Waals surface area contributed by atoms with Gasteiger partial charge in [-0.3, -0.25) is 10.5 Å². The fourth-order valence-electron chi connectivity index (χ4n) is 2.75. The van der Waals surface area contributed by atoms with Crippen molar-refractivity contribution in [3.63, 3.8) is 0 Å². The summed E-state index contributed by atoms with van der Waals surface area (Å²) in [4.78, 5) is 8.63. The van der Waals surface area contributed by atoms with Gasteiger partial charge in [0.1, 0.15) is 5.82 Å². The fraction of sp³-hybridized carbons (Fsp3) is 0.615. The van der Waals surface area contributed by atoms with Gasteiger partial charge in [-0.05, 0) is 31.1 Å². The largest absolute Gasteiger partial charge is 0.367 e. The first-order chi connectivity index (χ1) is 9.57. The highest BCUT2D eigenvalue weighted by Gasteiger charge is 2.27. The molecule has 1 aliphatic rings. The third-order valence-electron chi connectivity index (χ3n) is 4.12. The molecular formula is C13H21N7. The Morgan fingerprint density at radius 3 is 2.75 bits per heavy atom. The van der Waals surface area contributed by atoms with E-state index in [4.69, 9.17) is 5.84 Å². The van der Waals surface area contributed by atoms with Gasteiger partial charge in [-0.2, -0.15) is 15.1 Å². The molecule has 2 aromatic heterocycles. The number of nitrogens with two attached hydrogens (primary N) is 1. The summed E-state index contributed by atoms with van der Waals surface area (Å²) >= 11 is 0. The number of hydrazine groups is 1. The van der Waals surface area contributed by atoms with Crippen molar-refractivity contribution in [1.29, 1.82) is 0 Å². The van der Waals surface area contributed by atoms with Crippen LogP contribution in [0.15, 0.2) is 6.20 Å². The quantitative estimate of drug-likeness (QED) is 0.504. The molecule has 1 fully saturated rings. The van der Waals surface area contributed by atoms with Crippen LogP contribution in [0.3, 0.4) is 0 Å². The van der Waals surface area contributed by atoms with Gasteiger partial charge >= 0.3 is 0 Å². The number of hydrogen-bond acceptors (Lipinski definition) is 6. The summed E-state index contributed by atoms with van der Waals surface area (Å²) in [6.45, 7) is 4.66. The van der Waals surface area contributed by atoms with Gasteiger partial charge in [-0.1, -0.05) is 13.8 Å². The number of H-pyrrole nitrogens is 1. The lowest BCUT2D eigenvalue weighted by Crippen LogP contribution is -2.30. The van der Waals surface area contributed by atoms with Crippen LogP contribution >= 0.6 is 0 Å². The van der Waals surface area contributed by atoms with E-state index in [1.54, 1.807) is 6.20 Å². The molecular weight excluding hydrogens is 254 g/mol. The van der Waals surface area contributed by atoms with Crippen LogP contribution < -0.4 is 16.6 Å². The van der Waals surface area contributed by atoms with E-state index in [1.165, 1.54) is 12.8 Å². The number of hydrogen-bond donors (Lipinski definition) is 4. The van der Waals surface area contributed by atoms with Crippen LogP contribution in [0, 0.1) is 5.41 Å². The Bertz CT molecular complexity index is 594. The van der Waals surface area contributed by atoms with E-state index >= 15 is 0 Å². The van der Waals surface area contributed by atoms with Crippen molar-refractivity contribution in [2.45, 2.75) is 45.6 Å². The van der Waals surface area contributed by atoms with Crippen molar-refractivity contribution in [3.8, 4) is 0 Å². The minimum absolute atomic E-state index is 0.389. The van der Waals surface area contributed by atoms with Crippen LogP contribution in [-0.4, -0.2) is 26.2 Å². The van der Waals surface area contributed by atoms with E-state index < -0.39 is 0 Å². The molecule has 7 heteroatoms. The number of aromatic nitrogens is 4. The first-order valence-corrected chi connectivity index (χ1v) is 7.02. The number of anilines is 2. The highest BCUT2D eigenvalue weighted by molar-refractivity contribution is 5.87. The molecule has 5 N–H and O–H groups in total. The molecule has 2 aromatic rings. The molecule has 0 aromatic carbocycles. The second-order valence-electron chi connectivity index (χ2n) is 6.26. The SMILES string of the molecule is CC1(C)CCC(Nc2nc(NN)nc3[nH]ncc23)CC1. The number of nitrogens with one attached hydrogen (secondary N) is 3. The smallest absolute Gasteiger partial charge is 0.241 e. The number of aromatic amines is 1. The zero-order valence-corrected chi connectivity index (χ0v) is 11.9. The zero-order valence-electron chi connectivity index (χ0n) is 11.9. The highest BCUT2D eigenvalue weighted by atomic mass is 15.3. The molecule has 0 spiro atoms. The molecule has 108 valence electrons. The van der Waals surface area contributed by atoms with Crippen molar-refractivity contribution in [2.75, 3.05) is 10.7 Å². The van der Waals surface area contributed by atoms with Crippen molar-refractivity contribution < 1.29 is 0 Å². The van der Waals surface area contributed by atoms with Crippen LogP contribution in [0.2, 0.25) is 0 Å². The molecule has 0 unspecified atom stereocenters. The van der Waals surface area contributed by atoms with Crippen molar-refractivity contribution >= 4 is 22.8 Å². The third kappa shape index (κ3) is 2.53. The monoisotopic (exact) mass is 275 g/mol. The summed E-state index contributed by atoms with van der Waals surface area (Å²) in [5.41, 5.74) is 3.63. The molecule has 1 aliphatic carbocycles. The fourth-order valence-corrected chi connectivity index (χ4v) is 2.75. The van der Waals surface area contributed by atoms with Crippen LogP contribution in [0.4, 0.5) is 11.8 Å². The summed E-state index contributed by atoms with van der Waals surface area (Å²) in [5.74, 6) is 6.59. The van der Waals surface area contributed by atoms with Crippen LogP contribution in [0.1, 0.15) is 39.5 Å². The molecule has 0 amide bonds. The number of nitrogens with zero attached hydrogens (tertiary/aromatic N) is 3. The molecule has 0 radical (unpaired) electrons. The van der Waals surface area contributed by atoms with Crippen LogP contribution in [0.5, 0.6) is 0 Å². The Balaban J connectivity index is 1.82. The molecule has 1 saturated carbocycles. The number of rotatable bonds is 3. The maximum atomic E-state index is 5.41. The van der Waals surface area contributed by atoms with Crippen molar-refractivity contribution in [1.82, 2.24) is 20.2 Å². The Kier molecular flexibility index (Phi) is 3.21. The highest BCUT2D eigenvalue weighted by Crippen LogP contribution is 2.36. The molecule has 0 aliphatic heterocycles. The maximum Gasteiger partial charge on any atom is 0.241 e. The van der Waals surface area contributed by atoms with Crippen LogP contribution in [0.25, 0.3) is 11.0 Å². The van der Waals surface area contributed by atoms with E-state index in [0.717, 1.165) is 24.0 Å². The molecule has 7 nitrogen and oxygen atoms in total. The van der Waals surface area contributed by atoms with Gasteiger partial charge in [-0.15, -0.1) is 0 Å². The second kappa shape index (κ2) is 4.90. The Morgan fingerprint density at radius 1 is 1.30 bits per heavy atom. The van der Waals surface area contributed by atoms with Gasteiger partial charge in [0, 0.05) is 6.04 Å².